The summed E-state index contributed by atoms with van der Waals surface area (Å²) in [6.07, 6.45) is 1.89. The van der Waals surface area contributed by atoms with Crippen molar-refractivity contribution in [1.82, 2.24) is 0 Å². The maximum atomic E-state index is 12.6. The average Bonchev–Trinajstić information content (AvgIpc) is 3.02. The maximum absolute atomic E-state index is 12.6. The molecule has 0 saturated carbocycles. The highest BCUT2D eigenvalue weighted by Gasteiger charge is 2.43. The smallest absolute Gasteiger partial charge is 0.356 e. The van der Waals surface area contributed by atoms with Crippen molar-refractivity contribution in [2.24, 2.45) is 0 Å². The van der Waals surface area contributed by atoms with E-state index < -0.39 is 11.9 Å². The summed E-state index contributed by atoms with van der Waals surface area (Å²) in [7, 11) is 1.42. The summed E-state index contributed by atoms with van der Waals surface area (Å²) in [5, 5.41) is 0. The molecule has 1 atom stereocenters. The highest BCUT2D eigenvalue weighted by Crippen LogP contribution is 2.60. The number of rotatable bonds is 19. The molecule has 1 unspecified atom stereocenters. The fraction of sp³-hybridized carbons (Fsp3) is 0.441. The predicted octanol–water partition coefficient (Wildman–Crippen LogP) is 7.96. The molecule has 0 N–H and O–H groups in total. The van der Waals surface area contributed by atoms with E-state index in [4.69, 9.17) is 42.9 Å². The molecule has 0 fully saturated rings. The van der Waals surface area contributed by atoms with Crippen LogP contribution in [0.1, 0.15) is 66.4 Å². The minimum absolute atomic E-state index is 0.0244. The van der Waals surface area contributed by atoms with E-state index in [1.54, 1.807) is 26.0 Å². The van der Waals surface area contributed by atoms with Crippen LogP contribution in [0.3, 0.4) is 0 Å². The first-order valence-electron chi connectivity index (χ1n) is 15.0. The van der Waals surface area contributed by atoms with Crippen LogP contribution < -0.4 is 28.6 Å². The highest BCUT2D eigenvalue weighted by atomic mass is 17.2. The van der Waals surface area contributed by atoms with E-state index in [-0.39, 0.29) is 53.8 Å². The van der Waals surface area contributed by atoms with Crippen molar-refractivity contribution in [3.05, 3.63) is 66.2 Å². The predicted molar refractivity (Wildman–Crippen MR) is 165 cm³/mol. The number of carbonyl (C=O) groups excluding carboxylic acids is 1. The first kappa shape index (κ1) is 34.5. The lowest BCUT2D eigenvalue weighted by Gasteiger charge is -2.35. The molecule has 3 rings (SSSR count). The number of ether oxygens (including phenoxy) is 7. The first-order valence-corrected chi connectivity index (χ1v) is 15.0. The van der Waals surface area contributed by atoms with Gasteiger partial charge in [-0.05, 0) is 57.9 Å². The van der Waals surface area contributed by atoms with Gasteiger partial charge in [0.2, 0.25) is 28.7 Å². The SMILES string of the molecule is CCCCOc1c(OOC(C)C)c(OC(OCC)(OCCC)c2ccccc2)c(OC(C)=O)c(OC)c1Oc1ccccc1. The largest absolute Gasteiger partial charge is 0.490 e. The molecule has 0 saturated heterocycles. The van der Waals surface area contributed by atoms with Crippen LogP contribution in [-0.4, -0.2) is 39.0 Å². The van der Waals surface area contributed by atoms with Crippen LogP contribution in [0, 0.1) is 0 Å². The molecular formula is C34H44O10. The van der Waals surface area contributed by atoms with E-state index in [0.717, 1.165) is 12.8 Å². The van der Waals surface area contributed by atoms with Crippen LogP contribution in [0.25, 0.3) is 0 Å². The number of carbonyl (C=O) groups is 1. The van der Waals surface area contributed by atoms with Crippen LogP contribution in [0.2, 0.25) is 0 Å². The summed E-state index contributed by atoms with van der Waals surface area (Å²) in [5.41, 5.74) is 0.553. The minimum atomic E-state index is -1.79. The Kier molecular flexibility index (Phi) is 13.6. The van der Waals surface area contributed by atoms with Crippen LogP contribution in [-0.2, 0) is 25.1 Å². The number of para-hydroxylation sites is 1. The molecular weight excluding hydrogens is 568 g/mol. The van der Waals surface area contributed by atoms with Gasteiger partial charge in [-0.25, -0.2) is 0 Å². The molecule has 3 aromatic carbocycles. The molecule has 0 radical (unpaired) electrons. The summed E-state index contributed by atoms with van der Waals surface area (Å²) < 4.78 is 43.4. The normalized spacial score (nSPS) is 12.4. The summed E-state index contributed by atoms with van der Waals surface area (Å²) in [5.74, 6) is -2.04. The summed E-state index contributed by atoms with van der Waals surface area (Å²) in [4.78, 5) is 24.1. The minimum Gasteiger partial charge on any atom is -0.490 e. The molecule has 0 aliphatic rings. The molecule has 10 nitrogen and oxygen atoms in total. The molecule has 0 amide bonds. The highest BCUT2D eigenvalue weighted by molar-refractivity contribution is 5.79. The molecule has 0 spiro atoms. The number of benzene rings is 3. The first-order chi connectivity index (χ1) is 21.3. The Bertz CT molecular complexity index is 1300. The third-order valence-corrected chi connectivity index (χ3v) is 5.91. The fourth-order valence-electron chi connectivity index (χ4n) is 4.03. The Morgan fingerprint density at radius 3 is 2.02 bits per heavy atom. The Morgan fingerprint density at radius 2 is 1.45 bits per heavy atom. The van der Waals surface area contributed by atoms with Gasteiger partial charge in [0.1, 0.15) is 5.75 Å². The van der Waals surface area contributed by atoms with E-state index in [0.29, 0.717) is 24.3 Å². The molecule has 0 aliphatic heterocycles. The summed E-state index contributed by atoms with van der Waals surface area (Å²) in [6.45, 7) is 11.5. The molecule has 0 aliphatic carbocycles. The number of hydrogen-bond acceptors (Lipinski definition) is 10. The van der Waals surface area contributed by atoms with Crippen molar-refractivity contribution in [3.63, 3.8) is 0 Å². The van der Waals surface area contributed by atoms with Crippen molar-refractivity contribution < 1.29 is 47.7 Å². The van der Waals surface area contributed by atoms with Gasteiger partial charge in [0.15, 0.2) is 0 Å². The van der Waals surface area contributed by atoms with E-state index in [9.17, 15) is 4.79 Å². The van der Waals surface area contributed by atoms with Gasteiger partial charge in [-0.2, -0.15) is 4.89 Å². The zero-order chi connectivity index (χ0) is 32.0. The second-order valence-corrected chi connectivity index (χ2v) is 9.92. The number of hydrogen-bond donors (Lipinski definition) is 0. The van der Waals surface area contributed by atoms with E-state index in [1.165, 1.54) is 14.0 Å². The zero-order valence-corrected chi connectivity index (χ0v) is 26.7. The molecule has 240 valence electrons. The zero-order valence-electron chi connectivity index (χ0n) is 26.7. The molecule has 0 aromatic heterocycles. The van der Waals surface area contributed by atoms with Crippen molar-refractivity contribution >= 4 is 5.97 Å². The molecule has 10 heteroatoms. The monoisotopic (exact) mass is 612 g/mol. The molecule has 0 bridgehead atoms. The Morgan fingerprint density at radius 1 is 0.773 bits per heavy atom. The van der Waals surface area contributed by atoms with Crippen LogP contribution in [0.15, 0.2) is 60.7 Å². The molecule has 0 heterocycles. The van der Waals surface area contributed by atoms with E-state index in [1.807, 2.05) is 69.3 Å². The maximum Gasteiger partial charge on any atom is 0.356 e. The van der Waals surface area contributed by atoms with Gasteiger partial charge in [-0.1, -0.05) is 56.7 Å². The van der Waals surface area contributed by atoms with E-state index >= 15 is 0 Å². The number of esters is 1. The molecule has 44 heavy (non-hydrogen) atoms. The van der Waals surface area contributed by atoms with Crippen molar-refractivity contribution in [3.8, 4) is 40.2 Å². The van der Waals surface area contributed by atoms with Gasteiger partial charge < -0.3 is 38.0 Å². The van der Waals surface area contributed by atoms with Gasteiger partial charge in [0, 0.05) is 6.92 Å². The topological polar surface area (TPSA) is 100 Å². The van der Waals surface area contributed by atoms with Crippen molar-refractivity contribution in [2.45, 2.75) is 72.9 Å². The molecule has 3 aromatic rings. The van der Waals surface area contributed by atoms with E-state index in [2.05, 4.69) is 0 Å². The second kappa shape index (κ2) is 17.3. The lowest BCUT2D eigenvalue weighted by Crippen LogP contribution is -2.40. The quantitative estimate of drug-likeness (QED) is 0.0331. The van der Waals surface area contributed by atoms with Gasteiger partial charge in [-0.15, -0.1) is 0 Å². The van der Waals surface area contributed by atoms with Gasteiger partial charge >= 0.3 is 11.9 Å². The Labute approximate surface area is 259 Å². The average molecular weight is 613 g/mol. The van der Waals surface area contributed by atoms with Crippen molar-refractivity contribution in [1.29, 1.82) is 0 Å². The third-order valence-electron chi connectivity index (χ3n) is 5.91. The Hall–Kier alpha value is -3.99. The second-order valence-electron chi connectivity index (χ2n) is 9.92. The number of methoxy groups -OCH3 is 1. The number of unbranched alkanes of at least 4 members (excludes halogenated alkanes) is 1. The van der Waals surface area contributed by atoms with Crippen LogP contribution >= 0.6 is 0 Å². The van der Waals surface area contributed by atoms with Crippen LogP contribution in [0.5, 0.6) is 40.2 Å². The lowest BCUT2D eigenvalue weighted by molar-refractivity contribution is -0.356. The van der Waals surface area contributed by atoms with Crippen LogP contribution in [0.4, 0.5) is 0 Å². The van der Waals surface area contributed by atoms with Gasteiger partial charge in [0.05, 0.1) is 38.6 Å². The van der Waals surface area contributed by atoms with Gasteiger partial charge in [0.25, 0.3) is 5.75 Å². The standard InChI is InChI=1S/C34H44O10/c1-8-11-23-37-29-30(41-27-20-16-13-17-21-27)28(36-7)31(40-25(6)35)32(33(29)44-43-24(4)5)42-34(38-10-3,39-22-9-2)26-18-14-12-15-19-26/h12-21,24H,8-11,22-23H2,1-7H3. The Balaban J connectivity index is 2.43. The fourth-order valence-corrected chi connectivity index (χ4v) is 4.03. The summed E-state index contributed by atoms with van der Waals surface area (Å²) in [6, 6.07) is 18.2. The summed E-state index contributed by atoms with van der Waals surface area (Å²) >= 11 is 0. The third kappa shape index (κ3) is 9.01. The van der Waals surface area contributed by atoms with Crippen molar-refractivity contribution in [2.75, 3.05) is 26.9 Å². The lowest BCUT2D eigenvalue weighted by atomic mass is 10.1. The van der Waals surface area contributed by atoms with Gasteiger partial charge in [-0.3, -0.25) is 4.79 Å².